The van der Waals surface area contributed by atoms with Crippen molar-refractivity contribution in [3.63, 3.8) is 0 Å². The highest BCUT2D eigenvalue weighted by Crippen LogP contribution is 1.98. The maximum absolute atomic E-state index is 11.8. The third-order valence-electron chi connectivity index (χ3n) is 2.92. The molecule has 0 aliphatic rings. The minimum Gasteiger partial charge on any atom is -0.481 e. The molecule has 7 nitrogen and oxygen atoms in total. The van der Waals surface area contributed by atoms with E-state index in [1.165, 1.54) is 0 Å². The lowest BCUT2D eigenvalue weighted by Gasteiger charge is -2.14. The molecule has 0 saturated heterocycles. The summed E-state index contributed by atoms with van der Waals surface area (Å²) in [6.45, 7) is 2.06. The highest BCUT2D eigenvalue weighted by atomic mass is 16.4. The lowest BCUT2D eigenvalue weighted by molar-refractivity contribution is -0.136. The summed E-state index contributed by atoms with van der Waals surface area (Å²) in [7, 11) is 0. The average Bonchev–Trinajstić information content (AvgIpc) is 2.47. The molecule has 0 aliphatic heterocycles. The van der Waals surface area contributed by atoms with Gasteiger partial charge in [0.15, 0.2) is 0 Å². The van der Waals surface area contributed by atoms with Gasteiger partial charge in [-0.05, 0) is 18.9 Å². The molecule has 1 aromatic rings. The maximum atomic E-state index is 11.8. The summed E-state index contributed by atoms with van der Waals surface area (Å²) in [6, 6.07) is 8.49. The molecule has 1 atom stereocenters. The summed E-state index contributed by atoms with van der Waals surface area (Å²) in [5.41, 5.74) is 1.12. The van der Waals surface area contributed by atoms with E-state index in [0.29, 0.717) is 13.0 Å². The summed E-state index contributed by atoms with van der Waals surface area (Å²) >= 11 is 0. The fraction of sp³-hybridized carbons (Fsp3) is 0.400. The fourth-order valence-corrected chi connectivity index (χ4v) is 1.72. The summed E-state index contributed by atoms with van der Waals surface area (Å²) in [5.74, 6) is -1.28. The van der Waals surface area contributed by atoms with Crippen molar-refractivity contribution in [2.45, 2.75) is 25.8 Å². The molecule has 7 heteroatoms. The van der Waals surface area contributed by atoms with Crippen LogP contribution in [0.25, 0.3) is 0 Å². The molecule has 0 saturated carbocycles. The van der Waals surface area contributed by atoms with Gasteiger partial charge in [0.2, 0.25) is 5.91 Å². The highest BCUT2D eigenvalue weighted by Gasteiger charge is 2.14. The SMILES string of the molecule is C[C@H](NC(=O)NCCC(=O)O)C(=O)NCCc1ccccc1. The third-order valence-corrected chi connectivity index (χ3v) is 2.92. The van der Waals surface area contributed by atoms with E-state index in [9.17, 15) is 14.4 Å². The van der Waals surface area contributed by atoms with Gasteiger partial charge in [-0.25, -0.2) is 4.79 Å². The zero-order valence-electron chi connectivity index (χ0n) is 12.5. The monoisotopic (exact) mass is 307 g/mol. The molecule has 0 radical (unpaired) electrons. The molecule has 0 heterocycles. The van der Waals surface area contributed by atoms with Crippen molar-refractivity contribution in [3.05, 3.63) is 35.9 Å². The van der Waals surface area contributed by atoms with Gasteiger partial charge in [-0.3, -0.25) is 9.59 Å². The van der Waals surface area contributed by atoms with E-state index in [0.717, 1.165) is 5.56 Å². The van der Waals surface area contributed by atoms with Crippen molar-refractivity contribution in [3.8, 4) is 0 Å². The first kappa shape index (κ1) is 17.5. The number of urea groups is 1. The molecule has 3 amide bonds. The standard InChI is InChI=1S/C15H21N3O4/c1-11(18-15(22)17-10-8-13(19)20)14(21)16-9-7-12-5-3-2-4-6-12/h2-6,11H,7-10H2,1H3,(H,16,21)(H,19,20)(H2,17,18,22)/t11-/m0/s1. The van der Waals surface area contributed by atoms with Crippen LogP contribution in [0.5, 0.6) is 0 Å². The van der Waals surface area contributed by atoms with Crippen LogP contribution in [0.1, 0.15) is 18.9 Å². The van der Waals surface area contributed by atoms with Gasteiger partial charge >= 0.3 is 12.0 Å². The predicted octanol–water partition coefficient (Wildman–Crippen LogP) is 0.508. The minimum atomic E-state index is -0.994. The van der Waals surface area contributed by atoms with Crippen LogP contribution < -0.4 is 16.0 Å². The van der Waals surface area contributed by atoms with Gasteiger partial charge < -0.3 is 21.1 Å². The Kier molecular flexibility index (Phi) is 7.45. The third kappa shape index (κ3) is 7.28. The smallest absolute Gasteiger partial charge is 0.315 e. The molecule has 1 aromatic carbocycles. The van der Waals surface area contributed by atoms with Crippen molar-refractivity contribution in [2.75, 3.05) is 13.1 Å². The first-order chi connectivity index (χ1) is 10.5. The van der Waals surface area contributed by atoms with E-state index >= 15 is 0 Å². The molecule has 0 aromatic heterocycles. The van der Waals surface area contributed by atoms with Crippen LogP contribution in [0.2, 0.25) is 0 Å². The Bertz CT molecular complexity index is 505. The molecule has 0 bridgehead atoms. The van der Waals surface area contributed by atoms with Gasteiger partial charge in [0.05, 0.1) is 6.42 Å². The van der Waals surface area contributed by atoms with Crippen LogP contribution in [0.4, 0.5) is 4.79 Å². The van der Waals surface area contributed by atoms with Gasteiger partial charge in [0.1, 0.15) is 6.04 Å². The summed E-state index contributed by atoms with van der Waals surface area (Å²) in [6.07, 6.45) is 0.551. The average molecular weight is 307 g/mol. The van der Waals surface area contributed by atoms with E-state index in [1.807, 2.05) is 30.3 Å². The molecular formula is C15H21N3O4. The number of carbonyl (C=O) groups excluding carboxylic acids is 2. The van der Waals surface area contributed by atoms with Crippen molar-refractivity contribution in [1.82, 2.24) is 16.0 Å². The first-order valence-corrected chi connectivity index (χ1v) is 7.07. The van der Waals surface area contributed by atoms with Gasteiger partial charge in [-0.1, -0.05) is 30.3 Å². The number of carboxylic acid groups (broad SMARTS) is 1. The quantitative estimate of drug-likeness (QED) is 0.561. The van der Waals surface area contributed by atoms with E-state index < -0.39 is 18.0 Å². The number of hydrogen-bond acceptors (Lipinski definition) is 3. The molecule has 0 spiro atoms. The number of amides is 3. The molecule has 0 unspecified atom stereocenters. The van der Waals surface area contributed by atoms with Gasteiger partial charge in [0.25, 0.3) is 0 Å². The first-order valence-electron chi connectivity index (χ1n) is 7.07. The van der Waals surface area contributed by atoms with Crippen molar-refractivity contribution >= 4 is 17.9 Å². The lowest BCUT2D eigenvalue weighted by Crippen LogP contribution is -2.49. The zero-order valence-corrected chi connectivity index (χ0v) is 12.5. The topological polar surface area (TPSA) is 108 Å². The summed E-state index contributed by atoms with van der Waals surface area (Å²) in [5, 5.41) is 16.0. The van der Waals surface area contributed by atoms with Crippen LogP contribution >= 0.6 is 0 Å². The summed E-state index contributed by atoms with van der Waals surface area (Å²) in [4.78, 5) is 33.6. The Labute approximate surface area is 129 Å². The number of benzene rings is 1. The Morgan fingerprint density at radius 3 is 2.41 bits per heavy atom. The highest BCUT2D eigenvalue weighted by molar-refractivity contribution is 5.86. The number of carbonyl (C=O) groups is 3. The van der Waals surface area contributed by atoms with Crippen LogP contribution in [-0.2, 0) is 16.0 Å². The number of carboxylic acids is 1. The Hall–Kier alpha value is -2.57. The Balaban J connectivity index is 2.21. The molecule has 0 aliphatic carbocycles. The fourth-order valence-electron chi connectivity index (χ4n) is 1.72. The minimum absolute atomic E-state index is 0.0174. The molecular weight excluding hydrogens is 286 g/mol. The lowest BCUT2D eigenvalue weighted by atomic mass is 10.1. The van der Waals surface area contributed by atoms with Crippen LogP contribution in [0.3, 0.4) is 0 Å². The van der Waals surface area contributed by atoms with Crippen molar-refractivity contribution in [1.29, 1.82) is 0 Å². The van der Waals surface area contributed by atoms with Crippen LogP contribution in [0.15, 0.2) is 30.3 Å². The number of aliphatic carboxylic acids is 1. The zero-order chi connectivity index (χ0) is 16.4. The second-order valence-electron chi connectivity index (χ2n) is 4.79. The van der Waals surface area contributed by atoms with Gasteiger partial charge in [-0.15, -0.1) is 0 Å². The molecule has 22 heavy (non-hydrogen) atoms. The number of rotatable bonds is 8. The van der Waals surface area contributed by atoms with E-state index in [2.05, 4.69) is 16.0 Å². The summed E-state index contributed by atoms with van der Waals surface area (Å²) < 4.78 is 0. The largest absolute Gasteiger partial charge is 0.481 e. The Morgan fingerprint density at radius 2 is 1.77 bits per heavy atom. The molecule has 1 rings (SSSR count). The second kappa shape index (κ2) is 9.38. The van der Waals surface area contributed by atoms with E-state index in [4.69, 9.17) is 5.11 Å². The van der Waals surface area contributed by atoms with Crippen molar-refractivity contribution < 1.29 is 19.5 Å². The molecule has 120 valence electrons. The normalized spacial score (nSPS) is 11.3. The number of hydrogen-bond donors (Lipinski definition) is 4. The van der Waals surface area contributed by atoms with Crippen LogP contribution in [0, 0.1) is 0 Å². The van der Waals surface area contributed by atoms with E-state index in [-0.39, 0.29) is 18.9 Å². The maximum Gasteiger partial charge on any atom is 0.315 e. The second-order valence-corrected chi connectivity index (χ2v) is 4.79. The molecule has 4 N–H and O–H groups in total. The Morgan fingerprint density at radius 1 is 1.09 bits per heavy atom. The van der Waals surface area contributed by atoms with Crippen molar-refractivity contribution in [2.24, 2.45) is 0 Å². The van der Waals surface area contributed by atoms with Crippen LogP contribution in [-0.4, -0.2) is 42.1 Å². The van der Waals surface area contributed by atoms with Gasteiger partial charge in [-0.2, -0.15) is 0 Å². The van der Waals surface area contributed by atoms with E-state index in [1.54, 1.807) is 6.92 Å². The van der Waals surface area contributed by atoms with Gasteiger partial charge in [0, 0.05) is 13.1 Å². The number of nitrogens with one attached hydrogen (secondary N) is 3. The predicted molar refractivity (Wildman–Crippen MR) is 81.4 cm³/mol. The molecule has 0 fully saturated rings.